The first-order valence-corrected chi connectivity index (χ1v) is 5.36. The second kappa shape index (κ2) is 4.31. The molecule has 0 heterocycles. The second-order valence-electron chi connectivity index (χ2n) is 3.98. The van der Waals surface area contributed by atoms with E-state index in [0.717, 1.165) is 5.69 Å². The van der Waals surface area contributed by atoms with Crippen LogP contribution in [0.4, 0.5) is 5.69 Å². The van der Waals surface area contributed by atoms with Gasteiger partial charge in [-0.2, -0.15) is 0 Å². The summed E-state index contributed by atoms with van der Waals surface area (Å²) in [6.07, 6.45) is 0. The molecule has 2 rings (SSSR count). The van der Waals surface area contributed by atoms with Gasteiger partial charge in [-0.05, 0) is 55.0 Å². The lowest BCUT2D eigenvalue weighted by Gasteiger charge is -2.08. The van der Waals surface area contributed by atoms with Crippen LogP contribution in [0.25, 0.3) is 11.1 Å². The number of rotatable bonds is 2. The van der Waals surface area contributed by atoms with E-state index in [0.29, 0.717) is 0 Å². The van der Waals surface area contributed by atoms with Crippen LogP contribution in [0.1, 0.15) is 11.1 Å². The van der Waals surface area contributed by atoms with E-state index in [2.05, 4.69) is 62.0 Å². The molecule has 1 nitrogen and oxygen atoms in total. The molecule has 16 heavy (non-hydrogen) atoms. The number of nitrogens with zero attached hydrogens (tertiary/aromatic N) is 1. The highest BCUT2D eigenvalue weighted by Crippen LogP contribution is 2.29. The Morgan fingerprint density at radius 1 is 0.875 bits per heavy atom. The van der Waals surface area contributed by atoms with Gasteiger partial charge in [0.05, 0.1) is 5.69 Å². The molecule has 2 aromatic rings. The average Bonchev–Trinajstić information content (AvgIpc) is 2.30. The van der Waals surface area contributed by atoms with Crippen molar-refractivity contribution in [2.45, 2.75) is 13.8 Å². The number of aryl methyl sites for hydroxylation is 2. The summed E-state index contributed by atoms with van der Waals surface area (Å²) in [5, 5.41) is 0. The standard InChI is InChI=1S/C15H15N/c1-11-9-14(10-12(2)15(11)16-3)13-7-5-4-6-8-13/h4-10H,3H2,1-2H3. The Kier molecular flexibility index (Phi) is 2.86. The van der Waals surface area contributed by atoms with Gasteiger partial charge < -0.3 is 0 Å². The molecule has 80 valence electrons. The van der Waals surface area contributed by atoms with E-state index in [1.165, 1.54) is 22.3 Å². The molecule has 1 heteroatoms. The van der Waals surface area contributed by atoms with Crippen molar-refractivity contribution in [1.82, 2.24) is 0 Å². The Morgan fingerprint density at radius 3 is 1.94 bits per heavy atom. The molecule has 0 aliphatic rings. The molecular weight excluding hydrogens is 194 g/mol. The Bertz CT molecular complexity index is 489. The lowest BCUT2D eigenvalue weighted by atomic mass is 9.99. The van der Waals surface area contributed by atoms with Crippen molar-refractivity contribution >= 4 is 12.4 Å². The Balaban J connectivity index is 2.57. The summed E-state index contributed by atoms with van der Waals surface area (Å²) in [4.78, 5) is 4.05. The predicted octanol–water partition coefficient (Wildman–Crippen LogP) is 4.30. The summed E-state index contributed by atoms with van der Waals surface area (Å²) in [5.74, 6) is 0. The molecular formula is C15H15N. The Hall–Kier alpha value is -1.89. The van der Waals surface area contributed by atoms with Gasteiger partial charge in [0.15, 0.2) is 0 Å². The third-order valence-electron chi connectivity index (χ3n) is 2.76. The van der Waals surface area contributed by atoms with Crippen molar-refractivity contribution in [2.75, 3.05) is 0 Å². The number of aliphatic imine (C=N–C) groups is 1. The van der Waals surface area contributed by atoms with Gasteiger partial charge in [-0.1, -0.05) is 30.3 Å². The predicted molar refractivity (Wildman–Crippen MR) is 70.6 cm³/mol. The van der Waals surface area contributed by atoms with Gasteiger partial charge in [-0.25, -0.2) is 0 Å². The SMILES string of the molecule is C=Nc1c(C)cc(-c2ccccc2)cc1C. The van der Waals surface area contributed by atoms with Crippen LogP contribution in [0.15, 0.2) is 47.5 Å². The lowest BCUT2D eigenvalue weighted by molar-refractivity contribution is 1.34. The maximum Gasteiger partial charge on any atom is 0.0681 e. The minimum absolute atomic E-state index is 1.000. The molecule has 0 N–H and O–H groups in total. The minimum Gasteiger partial charge on any atom is -0.264 e. The van der Waals surface area contributed by atoms with Crippen LogP contribution < -0.4 is 0 Å². The van der Waals surface area contributed by atoms with Gasteiger partial charge in [-0.3, -0.25) is 4.99 Å². The van der Waals surface area contributed by atoms with Crippen LogP contribution in [0.3, 0.4) is 0 Å². The van der Waals surface area contributed by atoms with E-state index in [4.69, 9.17) is 0 Å². The van der Waals surface area contributed by atoms with Gasteiger partial charge in [0.1, 0.15) is 0 Å². The fourth-order valence-electron chi connectivity index (χ4n) is 2.00. The molecule has 0 spiro atoms. The van der Waals surface area contributed by atoms with Gasteiger partial charge >= 0.3 is 0 Å². The van der Waals surface area contributed by atoms with Crippen LogP contribution in [-0.4, -0.2) is 6.72 Å². The molecule has 0 aliphatic carbocycles. The minimum atomic E-state index is 1.000. The van der Waals surface area contributed by atoms with E-state index < -0.39 is 0 Å². The van der Waals surface area contributed by atoms with E-state index >= 15 is 0 Å². The van der Waals surface area contributed by atoms with Crippen molar-refractivity contribution in [1.29, 1.82) is 0 Å². The fraction of sp³-hybridized carbons (Fsp3) is 0.133. The maximum atomic E-state index is 4.05. The first kappa shape index (κ1) is 10.6. The molecule has 0 saturated heterocycles. The van der Waals surface area contributed by atoms with E-state index in [1.54, 1.807) is 0 Å². The molecule has 0 saturated carbocycles. The van der Waals surface area contributed by atoms with E-state index in [-0.39, 0.29) is 0 Å². The Labute approximate surface area is 96.5 Å². The zero-order valence-electron chi connectivity index (χ0n) is 9.70. The van der Waals surface area contributed by atoms with Crippen LogP contribution in [0.2, 0.25) is 0 Å². The molecule has 0 aliphatic heterocycles. The summed E-state index contributed by atoms with van der Waals surface area (Å²) in [5.41, 5.74) is 5.83. The van der Waals surface area contributed by atoms with Crippen molar-refractivity contribution in [3.05, 3.63) is 53.6 Å². The quantitative estimate of drug-likeness (QED) is 0.654. The second-order valence-corrected chi connectivity index (χ2v) is 3.98. The van der Waals surface area contributed by atoms with Crippen LogP contribution in [0, 0.1) is 13.8 Å². The summed E-state index contributed by atoms with van der Waals surface area (Å²) in [6.45, 7) is 7.75. The van der Waals surface area contributed by atoms with Crippen molar-refractivity contribution in [3.63, 3.8) is 0 Å². The number of benzene rings is 2. The smallest absolute Gasteiger partial charge is 0.0681 e. The number of hydrogen-bond donors (Lipinski definition) is 0. The van der Waals surface area contributed by atoms with E-state index in [9.17, 15) is 0 Å². The van der Waals surface area contributed by atoms with Crippen molar-refractivity contribution in [3.8, 4) is 11.1 Å². The molecule has 0 fully saturated rings. The zero-order chi connectivity index (χ0) is 11.5. The Morgan fingerprint density at radius 2 is 1.44 bits per heavy atom. The first-order chi connectivity index (χ1) is 7.72. The fourth-order valence-corrected chi connectivity index (χ4v) is 2.00. The summed E-state index contributed by atoms with van der Waals surface area (Å²) < 4.78 is 0. The molecule has 0 bridgehead atoms. The van der Waals surface area contributed by atoms with Gasteiger partial charge in [-0.15, -0.1) is 0 Å². The average molecular weight is 209 g/mol. The first-order valence-electron chi connectivity index (χ1n) is 5.36. The van der Waals surface area contributed by atoms with Gasteiger partial charge in [0, 0.05) is 0 Å². The molecule has 0 atom stereocenters. The third-order valence-corrected chi connectivity index (χ3v) is 2.76. The highest BCUT2D eigenvalue weighted by molar-refractivity contribution is 5.70. The molecule has 0 amide bonds. The summed E-state index contributed by atoms with van der Waals surface area (Å²) in [6, 6.07) is 14.7. The largest absolute Gasteiger partial charge is 0.264 e. The highest BCUT2D eigenvalue weighted by atomic mass is 14.7. The molecule has 0 aromatic heterocycles. The van der Waals surface area contributed by atoms with Crippen molar-refractivity contribution in [2.24, 2.45) is 4.99 Å². The highest BCUT2D eigenvalue weighted by Gasteiger charge is 2.04. The monoisotopic (exact) mass is 209 g/mol. The topological polar surface area (TPSA) is 12.4 Å². The lowest BCUT2D eigenvalue weighted by Crippen LogP contribution is -1.84. The molecule has 0 radical (unpaired) electrons. The van der Waals surface area contributed by atoms with Crippen LogP contribution >= 0.6 is 0 Å². The summed E-state index contributed by atoms with van der Waals surface area (Å²) in [7, 11) is 0. The third kappa shape index (κ3) is 1.89. The van der Waals surface area contributed by atoms with Gasteiger partial charge in [0.2, 0.25) is 0 Å². The zero-order valence-corrected chi connectivity index (χ0v) is 9.70. The van der Waals surface area contributed by atoms with E-state index in [1.807, 2.05) is 6.07 Å². The molecule has 0 unspecified atom stereocenters. The van der Waals surface area contributed by atoms with Crippen LogP contribution in [-0.2, 0) is 0 Å². The van der Waals surface area contributed by atoms with Crippen LogP contribution in [0.5, 0.6) is 0 Å². The van der Waals surface area contributed by atoms with Gasteiger partial charge in [0.25, 0.3) is 0 Å². The maximum absolute atomic E-state index is 4.05. The summed E-state index contributed by atoms with van der Waals surface area (Å²) >= 11 is 0. The normalized spacial score (nSPS) is 10.1. The van der Waals surface area contributed by atoms with Crippen molar-refractivity contribution < 1.29 is 0 Å². The number of hydrogen-bond acceptors (Lipinski definition) is 1. The molecule has 2 aromatic carbocycles.